The van der Waals surface area contributed by atoms with Gasteiger partial charge in [0.05, 0.1) is 29.5 Å². The number of Topliss-reactive ketones (excluding diaryl/α,β-unsaturated/α-hetero) is 1. The molecule has 6 rings (SSSR count). The van der Waals surface area contributed by atoms with Crippen molar-refractivity contribution >= 4 is 39.3 Å². The van der Waals surface area contributed by atoms with E-state index in [1.54, 1.807) is 12.1 Å². The highest BCUT2D eigenvalue weighted by molar-refractivity contribution is 7.12. The number of morpholine rings is 1. The molecule has 3 unspecified atom stereocenters. The van der Waals surface area contributed by atoms with E-state index in [4.69, 9.17) is 10.5 Å². The number of carbonyl (C=O) groups is 1. The van der Waals surface area contributed by atoms with Crippen LogP contribution in [-0.4, -0.2) is 75.0 Å². The first-order valence-corrected chi connectivity index (χ1v) is 12.3. The Morgan fingerprint density at radius 1 is 1.31 bits per heavy atom. The van der Waals surface area contributed by atoms with Crippen LogP contribution in [0.1, 0.15) is 23.2 Å². The SMILES string of the molecule is NCC12COC(CN1c1cc(=O)n3c(n1)N(CC(=O)c1ccc4snnc4c1)C(C(F)(F)F)CC3)C2. The number of alkyl halides is 3. The zero-order valence-electron chi connectivity index (χ0n) is 18.9. The molecule has 36 heavy (non-hydrogen) atoms. The predicted molar refractivity (Wildman–Crippen MR) is 126 cm³/mol. The zero-order chi connectivity index (χ0) is 25.2. The van der Waals surface area contributed by atoms with Gasteiger partial charge in [0.25, 0.3) is 5.56 Å². The largest absolute Gasteiger partial charge is 0.408 e. The minimum Gasteiger partial charge on any atom is -0.374 e. The molecule has 2 N–H and O–H groups in total. The Hall–Kier alpha value is -3.10. The van der Waals surface area contributed by atoms with Gasteiger partial charge in [-0.2, -0.15) is 18.2 Å². The van der Waals surface area contributed by atoms with E-state index < -0.39 is 35.6 Å². The number of ketones is 1. The second kappa shape index (κ2) is 8.21. The quantitative estimate of drug-likeness (QED) is 0.499. The van der Waals surface area contributed by atoms with Gasteiger partial charge in [-0.3, -0.25) is 14.2 Å². The van der Waals surface area contributed by atoms with Crippen LogP contribution in [0, 0.1) is 0 Å². The van der Waals surface area contributed by atoms with E-state index in [0.29, 0.717) is 25.1 Å². The Labute approximate surface area is 206 Å². The minimum atomic E-state index is -4.62. The van der Waals surface area contributed by atoms with Crippen LogP contribution in [0.15, 0.2) is 29.1 Å². The molecule has 1 aromatic carbocycles. The van der Waals surface area contributed by atoms with E-state index in [0.717, 1.165) is 21.1 Å². The second-order valence-corrected chi connectivity index (χ2v) is 10.2. The fourth-order valence-corrected chi connectivity index (χ4v) is 5.96. The van der Waals surface area contributed by atoms with Gasteiger partial charge in [-0.05, 0) is 36.2 Å². The normalized spacial score (nSPS) is 25.6. The summed E-state index contributed by atoms with van der Waals surface area (Å²) in [6.45, 7) is 0.300. The summed E-state index contributed by atoms with van der Waals surface area (Å²) in [4.78, 5) is 33.5. The van der Waals surface area contributed by atoms with Crippen molar-refractivity contribution in [2.75, 3.05) is 36.0 Å². The smallest absolute Gasteiger partial charge is 0.374 e. The third-order valence-electron chi connectivity index (χ3n) is 7.30. The first-order valence-electron chi connectivity index (χ1n) is 11.5. The molecule has 14 heteroatoms. The summed E-state index contributed by atoms with van der Waals surface area (Å²) in [7, 11) is 0. The highest BCUT2D eigenvalue weighted by Crippen LogP contribution is 2.41. The third kappa shape index (κ3) is 3.66. The number of nitrogens with zero attached hydrogens (tertiary/aromatic N) is 6. The number of hydrogen-bond acceptors (Lipinski definition) is 10. The molecule has 10 nitrogen and oxygen atoms in total. The van der Waals surface area contributed by atoms with Gasteiger partial charge in [0, 0.05) is 37.7 Å². The lowest BCUT2D eigenvalue weighted by Crippen LogP contribution is -2.56. The summed E-state index contributed by atoms with van der Waals surface area (Å²) in [5, 5.41) is 3.94. The topological polar surface area (TPSA) is 119 Å². The van der Waals surface area contributed by atoms with Crippen LogP contribution in [0.3, 0.4) is 0 Å². The first kappa shape index (κ1) is 23.3. The van der Waals surface area contributed by atoms with E-state index >= 15 is 0 Å². The van der Waals surface area contributed by atoms with Crippen molar-refractivity contribution in [1.29, 1.82) is 0 Å². The molecule has 3 aliphatic heterocycles. The molecule has 0 aliphatic carbocycles. The van der Waals surface area contributed by atoms with Crippen LogP contribution >= 0.6 is 11.5 Å². The lowest BCUT2D eigenvalue weighted by molar-refractivity contribution is -0.152. The number of hydrogen-bond donors (Lipinski definition) is 1. The van der Waals surface area contributed by atoms with E-state index in [1.807, 2.05) is 4.90 Å². The molecule has 0 amide bonds. The van der Waals surface area contributed by atoms with Gasteiger partial charge >= 0.3 is 6.18 Å². The fraction of sp³-hybridized carbons (Fsp3) is 0.500. The van der Waals surface area contributed by atoms with Gasteiger partial charge in [0.1, 0.15) is 17.4 Å². The van der Waals surface area contributed by atoms with E-state index in [-0.39, 0.29) is 42.9 Å². The predicted octanol–water partition coefficient (Wildman–Crippen LogP) is 1.58. The summed E-state index contributed by atoms with van der Waals surface area (Å²) in [6, 6.07) is 4.08. The van der Waals surface area contributed by atoms with Crippen molar-refractivity contribution in [3.05, 3.63) is 40.2 Å². The minimum absolute atomic E-state index is 0.0788. The maximum atomic E-state index is 14.1. The Bertz CT molecular complexity index is 1410. The van der Waals surface area contributed by atoms with Crippen LogP contribution in [0.25, 0.3) is 10.2 Å². The van der Waals surface area contributed by atoms with E-state index in [2.05, 4.69) is 14.6 Å². The molecule has 5 heterocycles. The van der Waals surface area contributed by atoms with Gasteiger partial charge in [-0.25, -0.2) is 0 Å². The van der Waals surface area contributed by atoms with Crippen molar-refractivity contribution in [2.45, 2.75) is 43.2 Å². The summed E-state index contributed by atoms with van der Waals surface area (Å²) >= 11 is 1.16. The van der Waals surface area contributed by atoms with Gasteiger partial charge < -0.3 is 20.3 Å². The van der Waals surface area contributed by atoms with Gasteiger partial charge in [-0.15, -0.1) is 5.10 Å². The number of aromatic nitrogens is 4. The molecular formula is C22H22F3N7O3S. The molecule has 2 fully saturated rings. The van der Waals surface area contributed by atoms with E-state index in [1.165, 1.54) is 16.7 Å². The van der Waals surface area contributed by atoms with Crippen molar-refractivity contribution < 1.29 is 22.7 Å². The average Bonchev–Trinajstić information content (AvgIpc) is 3.58. The molecular weight excluding hydrogens is 499 g/mol. The monoisotopic (exact) mass is 521 g/mol. The van der Waals surface area contributed by atoms with Gasteiger partial charge in [-0.1, -0.05) is 4.49 Å². The number of benzene rings is 1. The van der Waals surface area contributed by atoms with Gasteiger partial charge in [0.15, 0.2) is 5.78 Å². The molecule has 190 valence electrons. The standard InChI is InChI=1S/C22H22F3N7O3S/c23-22(24,25)17-3-4-30-19(34)6-18(32-8-13-7-21(32,10-26)11-35-13)27-20(30)31(17)9-15(33)12-1-2-16-14(5-12)28-29-36-16/h1-2,5-6,13,17H,3-4,7-11,26H2. The molecule has 3 aliphatic rings. The number of ether oxygens (including phenoxy) is 1. The number of carbonyl (C=O) groups excluding carboxylic acids is 1. The molecule has 0 saturated carbocycles. The number of rotatable bonds is 5. The molecule has 0 spiro atoms. The molecule has 2 aromatic heterocycles. The Kier molecular flexibility index (Phi) is 5.32. The highest BCUT2D eigenvalue weighted by atomic mass is 32.1. The van der Waals surface area contributed by atoms with Crippen molar-refractivity contribution in [1.82, 2.24) is 19.1 Å². The summed E-state index contributed by atoms with van der Waals surface area (Å²) < 4.78 is 53.8. The molecule has 2 saturated heterocycles. The van der Waals surface area contributed by atoms with Crippen LogP contribution in [0.5, 0.6) is 0 Å². The lowest BCUT2D eigenvalue weighted by atomic mass is 9.99. The average molecular weight is 522 g/mol. The Morgan fingerprint density at radius 2 is 2.14 bits per heavy atom. The van der Waals surface area contributed by atoms with Gasteiger partial charge in [0.2, 0.25) is 5.95 Å². The van der Waals surface area contributed by atoms with Crippen LogP contribution in [0.4, 0.5) is 24.9 Å². The molecule has 3 aromatic rings. The Balaban J connectivity index is 1.40. The fourth-order valence-electron chi connectivity index (χ4n) is 5.42. The highest BCUT2D eigenvalue weighted by Gasteiger charge is 2.52. The zero-order valence-corrected chi connectivity index (χ0v) is 19.8. The molecule has 3 atom stereocenters. The molecule has 2 bridgehead atoms. The maximum Gasteiger partial charge on any atom is 0.408 e. The van der Waals surface area contributed by atoms with Crippen molar-refractivity contribution in [3.63, 3.8) is 0 Å². The lowest BCUT2D eigenvalue weighted by Gasteiger charge is -2.41. The number of halogens is 3. The van der Waals surface area contributed by atoms with Crippen molar-refractivity contribution in [3.8, 4) is 0 Å². The summed E-state index contributed by atoms with van der Waals surface area (Å²) in [5.41, 5.74) is 5.71. The third-order valence-corrected chi connectivity index (χ3v) is 8.01. The van der Waals surface area contributed by atoms with Crippen LogP contribution in [-0.2, 0) is 11.3 Å². The summed E-state index contributed by atoms with van der Waals surface area (Å²) in [5.74, 6) is -0.469. The number of anilines is 2. The summed E-state index contributed by atoms with van der Waals surface area (Å²) in [6.07, 6.45) is -4.41. The van der Waals surface area contributed by atoms with Crippen LogP contribution < -0.4 is 21.1 Å². The number of nitrogens with two attached hydrogens (primary N) is 1. The maximum absolute atomic E-state index is 14.1. The second-order valence-electron chi connectivity index (χ2n) is 9.43. The number of fused-ring (bicyclic) bond motifs is 4. The Morgan fingerprint density at radius 3 is 2.89 bits per heavy atom. The van der Waals surface area contributed by atoms with E-state index in [9.17, 15) is 22.8 Å². The van der Waals surface area contributed by atoms with Crippen molar-refractivity contribution in [2.24, 2.45) is 5.73 Å². The molecule has 0 radical (unpaired) electrons. The van der Waals surface area contributed by atoms with Crippen LogP contribution in [0.2, 0.25) is 0 Å². The first-order chi connectivity index (χ1) is 17.2.